The standard InChI is InChI=1S/C13H20O/c1-5-12(3)7-6-8-13(4)11(12)9-10(2)14-13/h5,11H,1-2,6-9H2,3-4H3/t11?,12-,13-/m0/s1. The molecule has 0 aromatic carbocycles. The summed E-state index contributed by atoms with van der Waals surface area (Å²) in [5.41, 5.74) is 0.269. The third kappa shape index (κ3) is 1.22. The lowest BCUT2D eigenvalue weighted by Gasteiger charge is -2.45. The second-order valence-electron chi connectivity index (χ2n) is 5.27. The van der Waals surface area contributed by atoms with Crippen LogP contribution in [-0.4, -0.2) is 5.60 Å². The van der Waals surface area contributed by atoms with E-state index in [1.807, 2.05) is 0 Å². The van der Waals surface area contributed by atoms with E-state index in [0.29, 0.717) is 5.92 Å². The molecule has 2 fully saturated rings. The van der Waals surface area contributed by atoms with Gasteiger partial charge in [0.05, 0.1) is 5.76 Å². The monoisotopic (exact) mass is 192 g/mol. The van der Waals surface area contributed by atoms with Crippen molar-refractivity contribution in [2.45, 2.75) is 45.1 Å². The highest BCUT2D eigenvalue weighted by atomic mass is 16.5. The Kier molecular flexibility index (Phi) is 2.02. The van der Waals surface area contributed by atoms with Crippen LogP contribution in [0.2, 0.25) is 0 Å². The van der Waals surface area contributed by atoms with E-state index >= 15 is 0 Å². The molecular formula is C13H20O. The molecule has 0 aromatic heterocycles. The van der Waals surface area contributed by atoms with Gasteiger partial charge in [-0.05, 0) is 31.6 Å². The summed E-state index contributed by atoms with van der Waals surface area (Å²) in [7, 11) is 0. The first kappa shape index (κ1) is 9.82. The topological polar surface area (TPSA) is 9.23 Å². The van der Waals surface area contributed by atoms with Gasteiger partial charge in [0.2, 0.25) is 0 Å². The summed E-state index contributed by atoms with van der Waals surface area (Å²) < 4.78 is 5.91. The van der Waals surface area contributed by atoms with Gasteiger partial charge in [-0.3, -0.25) is 0 Å². The van der Waals surface area contributed by atoms with Gasteiger partial charge in [0, 0.05) is 12.3 Å². The van der Waals surface area contributed by atoms with Crippen molar-refractivity contribution in [2.75, 3.05) is 0 Å². The number of hydrogen-bond donors (Lipinski definition) is 0. The van der Waals surface area contributed by atoms with Crippen LogP contribution in [0.4, 0.5) is 0 Å². The second-order valence-corrected chi connectivity index (χ2v) is 5.27. The van der Waals surface area contributed by atoms with Crippen molar-refractivity contribution >= 4 is 0 Å². The summed E-state index contributed by atoms with van der Waals surface area (Å²) in [6.07, 6.45) is 6.78. The van der Waals surface area contributed by atoms with E-state index in [2.05, 4.69) is 33.1 Å². The quantitative estimate of drug-likeness (QED) is 0.576. The van der Waals surface area contributed by atoms with Gasteiger partial charge in [-0.25, -0.2) is 0 Å². The largest absolute Gasteiger partial charge is 0.492 e. The van der Waals surface area contributed by atoms with Crippen LogP contribution in [0.1, 0.15) is 39.5 Å². The Labute approximate surface area is 86.8 Å². The van der Waals surface area contributed by atoms with Crippen molar-refractivity contribution in [2.24, 2.45) is 11.3 Å². The van der Waals surface area contributed by atoms with E-state index in [9.17, 15) is 0 Å². The van der Waals surface area contributed by atoms with Gasteiger partial charge in [0.25, 0.3) is 0 Å². The number of fused-ring (bicyclic) bond motifs is 1. The van der Waals surface area contributed by atoms with Crippen LogP contribution in [0.25, 0.3) is 0 Å². The predicted molar refractivity (Wildman–Crippen MR) is 58.9 cm³/mol. The molecule has 0 aromatic rings. The normalized spacial score (nSPS) is 47.0. The second kappa shape index (κ2) is 2.88. The summed E-state index contributed by atoms with van der Waals surface area (Å²) in [6, 6.07) is 0. The minimum atomic E-state index is 0.0261. The third-order valence-corrected chi connectivity index (χ3v) is 4.20. The zero-order valence-electron chi connectivity index (χ0n) is 9.31. The number of allylic oxidation sites excluding steroid dienone is 2. The van der Waals surface area contributed by atoms with Gasteiger partial charge in [-0.15, -0.1) is 6.58 Å². The van der Waals surface area contributed by atoms with Crippen LogP contribution in [0.15, 0.2) is 25.0 Å². The van der Waals surface area contributed by atoms with E-state index in [-0.39, 0.29) is 11.0 Å². The van der Waals surface area contributed by atoms with Crippen molar-refractivity contribution in [3.63, 3.8) is 0 Å². The lowest BCUT2D eigenvalue weighted by Crippen LogP contribution is -2.44. The highest BCUT2D eigenvalue weighted by Gasteiger charge is 2.53. The van der Waals surface area contributed by atoms with Crippen LogP contribution in [0, 0.1) is 11.3 Å². The molecule has 1 saturated carbocycles. The van der Waals surface area contributed by atoms with Gasteiger partial charge < -0.3 is 4.74 Å². The Morgan fingerprint density at radius 2 is 2.14 bits per heavy atom. The third-order valence-electron chi connectivity index (χ3n) is 4.20. The molecule has 1 nitrogen and oxygen atoms in total. The first-order valence-electron chi connectivity index (χ1n) is 5.50. The molecule has 1 heteroatoms. The van der Waals surface area contributed by atoms with Crippen LogP contribution >= 0.6 is 0 Å². The van der Waals surface area contributed by atoms with Gasteiger partial charge in [0.1, 0.15) is 5.60 Å². The van der Waals surface area contributed by atoms with Gasteiger partial charge in [-0.2, -0.15) is 0 Å². The smallest absolute Gasteiger partial charge is 0.110 e. The molecule has 3 atom stereocenters. The maximum Gasteiger partial charge on any atom is 0.110 e. The highest BCUT2D eigenvalue weighted by molar-refractivity contribution is 5.14. The predicted octanol–water partition coefficient (Wildman–Crippen LogP) is 3.67. The fourth-order valence-electron chi connectivity index (χ4n) is 3.28. The van der Waals surface area contributed by atoms with Crippen molar-refractivity contribution in [1.29, 1.82) is 0 Å². The molecule has 0 spiro atoms. The summed E-state index contributed by atoms with van der Waals surface area (Å²) in [4.78, 5) is 0. The van der Waals surface area contributed by atoms with Crippen LogP contribution < -0.4 is 0 Å². The molecule has 1 saturated heterocycles. The highest BCUT2D eigenvalue weighted by Crippen LogP contribution is 2.55. The Morgan fingerprint density at radius 3 is 2.79 bits per heavy atom. The van der Waals surface area contributed by atoms with Crippen molar-refractivity contribution in [3.05, 3.63) is 25.0 Å². The molecule has 2 aliphatic rings. The Hall–Kier alpha value is -0.720. The molecule has 1 unspecified atom stereocenters. The van der Waals surface area contributed by atoms with Gasteiger partial charge in [-0.1, -0.05) is 19.6 Å². The SMILES string of the molecule is C=C[C@@]1(C)CCC[C@]2(C)OC(=C)CC12. The number of ether oxygens (including phenoxy) is 1. The van der Waals surface area contributed by atoms with Crippen molar-refractivity contribution < 1.29 is 4.74 Å². The zero-order chi connectivity index (χ0) is 10.4. The van der Waals surface area contributed by atoms with Crippen molar-refractivity contribution in [1.82, 2.24) is 0 Å². The van der Waals surface area contributed by atoms with Crippen LogP contribution in [0.3, 0.4) is 0 Å². The molecule has 14 heavy (non-hydrogen) atoms. The first-order valence-corrected chi connectivity index (χ1v) is 5.50. The summed E-state index contributed by atoms with van der Waals surface area (Å²) in [5.74, 6) is 1.54. The lowest BCUT2D eigenvalue weighted by molar-refractivity contribution is -0.0450. The van der Waals surface area contributed by atoms with Crippen molar-refractivity contribution in [3.8, 4) is 0 Å². The fourth-order valence-corrected chi connectivity index (χ4v) is 3.28. The maximum absolute atomic E-state index is 5.91. The lowest BCUT2D eigenvalue weighted by atomic mass is 9.61. The maximum atomic E-state index is 5.91. The number of hydrogen-bond acceptors (Lipinski definition) is 1. The van der Waals surface area contributed by atoms with E-state index in [4.69, 9.17) is 4.74 Å². The molecule has 0 radical (unpaired) electrons. The minimum absolute atomic E-state index is 0.0261. The first-order chi connectivity index (χ1) is 6.50. The minimum Gasteiger partial charge on any atom is -0.492 e. The number of rotatable bonds is 1. The van der Waals surface area contributed by atoms with Crippen LogP contribution in [-0.2, 0) is 4.74 Å². The molecule has 78 valence electrons. The van der Waals surface area contributed by atoms with Crippen LogP contribution in [0.5, 0.6) is 0 Å². The van der Waals surface area contributed by atoms with E-state index in [1.165, 1.54) is 19.3 Å². The molecule has 1 aliphatic heterocycles. The van der Waals surface area contributed by atoms with E-state index in [1.54, 1.807) is 0 Å². The zero-order valence-corrected chi connectivity index (χ0v) is 9.31. The average molecular weight is 192 g/mol. The van der Waals surface area contributed by atoms with Gasteiger partial charge >= 0.3 is 0 Å². The summed E-state index contributed by atoms with van der Waals surface area (Å²) >= 11 is 0. The van der Waals surface area contributed by atoms with E-state index < -0.39 is 0 Å². The summed E-state index contributed by atoms with van der Waals surface area (Å²) in [5, 5.41) is 0. The Bertz CT molecular complexity index is 281. The Morgan fingerprint density at radius 1 is 1.43 bits per heavy atom. The molecule has 0 bridgehead atoms. The van der Waals surface area contributed by atoms with E-state index in [0.717, 1.165) is 12.2 Å². The molecule has 1 heterocycles. The van der Waals surface area contributed by atoms with Gasteiger partial charge in [0.15, 0.2) is 0 Å². The Balaban J connectivity index is 2.34. The molecule has 0 N–H and O–H groups in total. The fraction of sp³-hybridized carbons (Fsp3) is 0.692. The summed E-state index contributed by atoms with van der Waals surface area (Å²) in [6.45, 7) is 12.5. The molecule has 2 rings (SSSR count). The average Bonchev–Trinajstić information content (AvgIpc) is 2.42. The molecular weight excluding hydrogens is 172 g/mol. The molecule has 1 aliphatic carbocycles. The molecule has 0 amide bonds.